The Morgan fingerprint density at radius 3 is 2.30 bits per heavy atom. The molecule has 0 saturated carbocycles. The van der Waals surface area contributed by atoms with Gasteiger partial charge in [-0.2, -0.15) is 0 Å². The predicted molar refractivity (Wildman–Crippen MR) is 135 cm³/mol. The van der Waals surface area contributed by atoms with Crippen LogP contribution in [-0.2, 0) is 9.59 Å². The first-order valence-corrected chi connectivity index (χ1v) is 12.7. The van der Waals surface area contributed by atoms with Crippen LogP contribution in [0, 0.1) is 6.92 Å². The van der Waals surface area contributed by atoms with Gasteiger partial charge in [-0.25, -0.2) is 0 Å². The van der Waals surface area contributed by atoms with Crippen LogP contribution < -0.4 is 5.32 Å². The van der Waals surface area contributed by atoms with E-state index in [1.165, 1.54) is 11.8 Å². The molecule has 6 nitrogen and oxygen atoms in total. The molecule has 0 atom stereocenters. The van der Waals surface area contributed by atoms with Gasteiger partial charge in [-0.1, -0.05) is 42.8 Å². The summed E-state index contributed by atoms with van der Waals surface area (Å²) in [5.74, 6) is 0.537. The molecule has 0 spiro atoms. The number of nitrogens with zero attached hydrogens (tertiary/aromatic N) is 2. The summed E-state index contributed by atoms with van der Waals surface area (Å²) in [5, 5.41) is 2.87. The third kappa shape index (κ3) is 7.35. The summed E-state index contributed by atoms with van der Waals surface area (Å²) in [7, 11) is 0. The van der Waals surface area contributed by atoms with Crippen molar-refractivity contribution in [1.82, 2.24) is 9.80 Å². The lowest BCUT2D eigenvalue weighted by molar-refractivity contribution is -0.131. The number of benzene rings is 2. The van der Waals surface area contributed by atoms with Gasteiger partial charge in [0.05, 0.1) is 11.5 Å². The molecular weight excluding hydrogens is 434 g/mol. The number of carbonyl (C=O) groups is 3. The van der Waals surface area contributed by atoms with E-state index in [2.05, 4.69) is 12.2 Å². The lowest BCUT2D eigenvalue weighted by Gasteiger charge is -2.38. The molecule has 1 saturated heterocycles. The molecule has 2 aromatic carbocycles. The van der Waals surface area contributed by atoms with E-state index in [-0.39, 0.29) is 35.3 Å². The minimum Gasteiger partial charge on any atom is -0.339 e. The highest BCUT2D eigenvalue weighted by atomic mass is 32.2. The first kappa shape index (κ1) is 24.8. The summed E-state index contributed by atoms with van der Waals surface area (Å²) in [5.41, 5.74) is 2.61. The van der Waals surface area contributed by atoms with Crippen molar-refractivity contribution in [2.45, 2.75) is 39.2 Å². The normalized spacial score (nSPS) is 14.1. The topological polar surface area (TPSA) is 69.7 Å². The molecule has 1 aliphatic rings. The Morgan fingerprint density at radius 2 is 1.67 bits per heavy atom. The molecule has 1 aliphatic heterocycles. The van der Waals surface area contributed by atoms with Gasteiger partial charge in [-0.15, -0.1) is 11.8 Å². The van der Waals surface area contributed by atoms with Crippen molar-refractivity contribution in [3.63, 3.8) is 0 Å². The number of rotatable bonds is 9. The number of piperidine rings is 1. The monoisotopic (exact) mass is 467 g/mol. The molecule has 1 fully saturated rings. The number of hydrogen-bond donors (Lipinski definition) is 1. The van der Waals surface area contributed by atoms with Gasteiger partial charge in [0, 0.05) is 36.9 Å². The second-order valence-electron chi connectivity index (χ2n) is 8.38. The van der Waals surface area contributed by atoms with Crippen molar-refractivity contribution < 1.29 is 14.4 Å². The molecule has 176 valence electrons. The first-order chi connectivity index (χ1) is 16.0. The average molecular weight is 468 g/mol. The Morgan fingerprint density at radius 1 is 1.00 bits per heavy atom. The van der Waals surface area contributed by atoms with Crippen LogP contribution >= 0.6 is 11.8 Å². The van der Waals surface area contributed by atoms with Crippen molar-refractivity contribution in [2.24, 2.45) is 0 Å². The fraction of sp³-hybridized carbons (Fsp3) is 0.423. The standard InChI is InChI=1S/C26H33N3O3S/c1-3-15-29(23-13-16-28(17-14-23)26(32)21-7-5-4-6-8-21)25(31)19-33-18-24(30)27-22-11-9-20(2)10-12-22/h4-12,23H,3,13-19H2,1-2H3,(H,27,30). The number of nitrogens with one attached hydrogen (secondary N) is 1. The van der Waals surface area contributed by atoms with Crippen LogP contribution in [0.3, 0.4) is 0 Å². The number of likely N-dealkylation sites (tertiary alicyclic amines) is 1. The number of carbonyl (C=O) groups excluding carboxylic acids is 3. The summed E-state index contributed by atoms with van der Waals surface area (Å²) in [4.78, 5) is 41.7. The van der Waals surface area contributed by atoms with Gasteiger partial charge in [0.25, 0.3) is 5.91 Å². The maximum absolute atomic E-state index is 12.9. The van der Waals surface area contributed by atoms with E-state index in [0.717, 1.165) is 30.5 Å². The van der Waals surface area contributed by atoms with Crippen LogP contribution in [0.4, 0.5) is 5.69 Å². The lowest BCUT2D eigenvalue weighted by Crippen LogP contribution is -2.49. The average Bonchev–Trinajstić information content (AvgIpc) is 2.84. The Balaban J connectivity index is 1.45. The van der Waals surface area contributed by atoms with Crippen LogP contribution in [0.5, 0.6) is 0 Å². The van der Waals surface area contributed by atoms with Crippen molar-refractivity contribution in [1.29, 1.82) is 0 Å². The number of anilines is 1. The van der Waals surface area contributed by atoms with Gasteiger partial charge < -0.3 is 15.1 Å². The zero-order valence-corrected chi connectivity index (χ0v) is 20.3. The highest BCUT2D eigenvalue weighted by Crippen LogP contribution is 2.20. The molecule has 7 heteroatoms. The third-order valence-corrected chi connectivity index (χ3v) is 6.71. The summed E-state index contributed by atoms with van der Waals surface area (Å²) < 4.78 is 0. The number of thioether (sulfide) groups is 1. The van der Waals surface area contributed by atoms with Crippen LogP contribution in [-0.4, -0.2) is 64.7 Å². The Kier molecular flexibility index (Phi) is 9.36. The lowest BCUT2D eigenvalue weighted by atomic mass is 10.0. The summed E-state index contributed by atoms with van der Waals surface area (Å²) in [6.07, 6.45) is 2.44. The van der Waals surface area contributed by atoms with E-state index in [0.29, 0.717) is 25.2 Å². The fourth-order valence-corrected chi connectivity index (χ4v) is 4.74. The Labute approximate surface area is 200 Å². The van der Waals surface area contributed by atoms with Crippen LogP contribution in [0.15, 0.2) is 54.6 Å². The highest BCUT2D eigenvalue weighted by Gasteiger charge is 2.29. The zero-order valence-electron chi connectivity index (χ0n) is 19.5. The van der Waals surface area contributed by atoms with Gasteiger partial charge in [0.15, 0.2) is 0 Å². The van der Waals surface area contributed by atoms with E-state index in [9.17, 15) is 14.4 Å². The second kappa shape index (κ2) is 12.4. The van der Waals surface area contributed by atoms with Gasteiger partial charge in [-0.3, -0.25) is 14.4 Å². The number of amides is 3. The molecule has 2 aromatic rings. The maximum Gasteiger partial charge on any atom is 0.253 e. The van der Waals surface area contributed by atoms with Crippen LogP contribution in [0.2, 0.25) is 0 Å². The van der Waals surface area contributed by atoms with Crippen molar-refractivity contribution in [3.05, 3.63) is 65.7 Å². The van der Waals surface area contributed by atoms with E-state index in [4.69, 9.17) is 0 Å². The molecular formula is C26H33N3O3S. The van der Waals surface area contributed by atoms with Crippen molar-refractivity contribution in [2.75, 3.05) is 36.5 Å². The molecule has 0 aromatic heterocycles. The van der Waals surface area contributed by atoms with E-state index in [1.807, 2.05) is 71.3 Å². The van der Waals surface area contributed by atoms with Gasteiger partial charge in [-0.05, 0) is 50.5 Å². The molecule has 3 rings (SSSR count). The maximum atomic E-state index is 12.9. The minimum atomic E-state index is -0.105. The molecule has 1 heterocycles. The quantitative estimate of drug-likeness (QED) is 0.600. The van der Waals surface area contributed by atoms with Crippen molar-refractivity contribution >= 4 is 35.2 Å². The summed E-state index contributed by atoms with van der Waals surface area (Å²) in [6.45, 7) is 6.07. The summed E-state index contributed by atoms with van der Waals surface area (Å²) in [6, 6.07) is 17.1. The number of aryl methyl sites for hydroxylation is 1. The predicted octanol–water partition coefficient (Wildman–Crippen LogP) is 4.21. The van der Waals surface area contributed by atoms with E-state index in [1.54, 1.807) is 0 Å². The molecule has 0 radical (unpaired) electrons. The smallest absolute Gasteiger partial charge is 0.253 e. The number of hydrogen-bond acceptors (Lipinski definition) is 4. The van der Waals surface area contributed by atoms with Crippen molar-refractivity contribution in [3.8, 4) is 0 Å². The molecule has 0 aliphatic carbocycles. The Hall–Kier alpha value is -2.80. The van der Waals surface area contributed by atoms with E-state index >= 15 is 0 Å². The largest absolute Gasteiger partial charge is 0.339 e. The Bertz CT molecular complexity index is 926. The van der Waals surface area contributed by atoms with Gasteiger partial charge >= 0.3 is 0 Å². The molecule has 33 heavy (non-hydrogen) atoms. The van der Waals surface area contributed by atoms with E-state index < -0.39 is 0 Å². The molecule has 3 amide bonds. The summed E-state index contributed by atoms with van der Waals surface area (Å²) >= 11 is 1.34. The molecule has 0 bridgehead atoms. The van der Waals surface area contributed by atoms with Crippen LogP contribution in [0.1, 0.15) is 42.1 Å². The highest BCUT2D eigenvalue weighted by molar-refractivity contribution is 8.00. The van der Waals surface area contributed by atoms with Gasteiger partial charge in [0.2, 0.25) is 11.8 Å². The first-order valence-electron chi connectivity index (χ1n) is 11.6. The zero-order chi connectivity index (χ0) is 23.6. The second-order valence-corrected chi connectivity index (χ2v) is 9.37. The third-order valence-electron chi connectivity index (χ3n) is 5.79. The fourth-order valence-electron chi connectivity index (χ4n) is 4.04. The minimum absolute atomic E-state index is 0.0533. The van der Waals surface area contributed by atoms with Gasteiger partial charge in [0.1, 0.15) is 0 Å². The SMILES string of the molecule is CCCN(C(=O)CSCC(=O)Nc1ccc(C)cc1)C1CCN(C(=O)c2ccccc2)CC1. The molecule has 1 N–H and O–H groups in total. The van der Waals surface area contributed by atoms with Crippen LogP contribution in [0.25, 0.3) is 0 Å². The molecule has 0 unspecified atom stereocenters.